The third-order valence-electron chi connectivity index (χ3n) is 4.08. The van der Waals surface area contributed by atoms with E-state index in [4.69, 9.17) is 0 Å². The Morgan fingerprint density at radius 1 is 1.17 bits per heavy atom. The lowest BCUT2D eigenvalue weighted by atomic mass is 10.2. The number of rotatable bonds is 5. The Morgan fingerprint density at radius 3 is 2.50 bits per heavy atom. The molecule has 0 atom stereocenters. The number of aromatic nitrogens is 3. The molecule has 0 fully saturated rings. The van der Waals surface area contributed by atoms with Crippen LogP contribution in [0.15, 0.2) is 53.4 Å². The molecule has 154 valence electrons. The van der Waals surface area contributed by atoms with Crippen molar-refractivity contribution in [2.45, 2.75) is 11.8 Å². The van der Waals surface area contributed by atoms with Crippen LogP contribution in [0.25, 0.3) is 5.69 Å². The van der Waals surface area contributed by atoms with Gasteiger partial charge < -0.3 is 10.2 Å². The maximum atomic E-state index is 12.6. The summed E-state index contributed by atoms with van der Waals surface area (Å²) in [5, 5.41) is 21.5. The molecule has 10 nitrogen and oxygen atoms in total. The summed E-state index contributed by atoms with van der Waals surface area (Å²) in [4.78, 5) is 37.0. The van der Waals surface area contributed by atoms with E-state index in [0.29, 0.717) is 17.1 Å². The lowest BCUT2D eigenvalue weighted by Gasteiger charge is -2.09. The van der Waals surface area contributed by atoms with Crippen molar-refractivity contribution >= 4 is 34.3 Å². The number of nitro groups is 1. The van der Waals surface area contributed by atoms with Crippen molar-refractivity contribution in [3.63, 3.8) is 0 Å². The molecule has 3 rings (SSSR count). The zero-order valence-corrected chi connectivity index (χ0v) is 17.2. The topological polar surface area (TPSA) is 123 Å². The van der Waals surface area contributed by atoms with Gasteiger partial charge in [0, 0.05) is 36.8 Å². The summed E-state index contributed by atoms with van der Waals surface area (Å²) >= 11 is 1.08. The Morgan fingerprint density at radius 2 is 1.87 bits per heavy atom. The van der Waals surface area contributed by atoms with Crippen LogP contribution in [0, 0.1) is 17.0 Å². The number of carbonyl (C=O) groups is 2. The van der Waals surface area contributed by atoms with Gasteiger partial charge in [-0.25, -0.2) is 4.68 Å². The van der Waals surface area contributed by atoms with E-state index in [-0.39, 0.29) is 16.6 Å². The fourth-order valence-corrected chi connectivity index (χ4v) is 3.17. The summed E-state index contributed by atoms with van der Waals surface area (Å²) in [6.07, 6.45) is 0. The predicted octanol–water partition coefficient (Wildman–Crippen LogP) is 3.51. The van der Waals surface area contributed by atoms with Gasteiger partial charge in [-0.15, -0.1) is 5.10 Å². The standard InChI is InChI=1S/C19H18N6O4S/c1-12-17(21-22-24(12)14-5-4-6-15(11-14)25(28)29)18(26)20-13-7-9-16(10-8-13)30-19(27)23(2)3/h4-11H,1-3H3,(H,20,26). The third-order valence-corrected chi connectivity index (χ3v) is 5.12. The molecular formula is C19H18N6O4S. The van der Waals surface area contributed by atoms with Crippen LogP contribution in [-0.2, 0) is 0 Å². The fraction of sp³-hybridized carbons (Fsp3) is 0.158. The van der Waals surface area contributed by atoms with Gasteiger partial charge in [0.2, 0.25) is 0 Å². The molecule has 1 N–H and O–H groups in total. The van der Waals surface area contributed by atoms with Gasteiger partial charge in [0.15, 0.2) is 5.69 Å². The van der Waals surface area contributed by atoms with Crippen LogP contribution in [0.1, 0.15) is 16.2 Å². The molecular weight excluding hydrogens is 408 g/mol. The molecule has 1 heterocycles. The Hall–Kier alpha value is -3.73. The third kappa shape index (κ3) is 4.63. The Bertz CT molecular complexity index is 1110. The van der Waals surface area contributed by atoms with Gasteiger partial charge in [0.25, 0.3) is 16.8 Å². The maximum absolute atomic E-state index is 12.6. The van der Waals surface area contributed by atoms with Crippen molar-refractivity contribution in [2.75, 3.05) is 19.4 Å². The molecule has 1 aromatic heterocycles. The first kappa shape index (κ1) is 21.0. The maximum Gasteiger partial charge on any atom is 0.285 e. The molecule has 0 aliphatic heterocycles. The van der Waals surface area contributed by atoms with Gasteiger partial charge in [-0.3, -0.25) is 19.7 Å². The normalized spacial score (nSPS) is 10.5. The highest BCUT2D eigenvalue weighted by molar-refractivity contribution is 8.13. The van der Waals surface area contributed by atoms with Crippen molar-refractivity contribution in [3.8, 4) is 5.69 Å². The predicted molar refractivity (Wildman–Crippen MR) is 112 cm³/mol. The largest absolute Gasteiger partial charge is 0.339 e. The first-order valence-corrected chi connectivity index (χ1v) is 9.55. The van der Waals surface area contributed by atoms with Crippen molar-refractivity contribution in [3.05, 3.63) is 70.0 Å². The number of nitrogens with one attached hydrogen (secondary N) is 1. The molecule has 2 amide bonds. The number of non-ortho nitro benzene ring substituents is 1. The van der Waals surface area contributed by atoms with Gasteiger partial charge in [0.05, 0.1) is 16.3 Å². The second kappa shape index (κ2) is 8.74. The SMILES string of the molecule is Cc1c(C(=O)Nc2ccc(SC(=O)N(C)C)cc2)nnn1-c1cccc([N+](=O)[O-])c1. The Kier molecular flexibility index (Phi) is 6.11. The number of hydrogen-bond acceptors (Lipinski definition) is 7. The number of nitro benzene ring substituents is 1. The fourth-order valence-electron chi connectivity index (χ4n) is 2.51. The first-order valence-electron chi connectivity index (χ1n) is 8.74. The van der Waals surface area contributed by atoms with Crippen LogP contribution < -0.4 is 5.32 Å². The number of amides is 2. The van der Waals surface area contributed by atoms with Gasteiger partial charge in [0.1, 0.15) is 0 Å². The summed E-state index contributed by atoms with van der Waals surface area (Å²) in [6, 6.07) is 12.7. The minimum absolute atomic E-state index is 0.0842. The molecule has 0 aliphatic carbocycles. The summed E-state index contributed by atoms with van der Waals surface area (Å²) in [5.74, 6) is -0.464. The molecule has 11 heteroatoms. The smallest absolute Gasteiger partial charge is 0.285 e. The number of anilines is 1. The molecule has 0 unspecified atom stereocenters. The number of nitrogens with zero attached hydrogens (tertiary/aromatic N) is 5. The summed E-state index contributed by atoms with van der Waals surface area (Å²) in [6.45, 7) is 1.65. The van der Waals surface area contributed by atoms with E-state index in [1.807, 2.05) is 0 Å². The van der Waals surface area contributed by atoms with E-state index in [1.165, 1.54) is 27.8 Å². The van der Waals surface area contributed by atoms with E-state index >= 15 is 0 Å². The average molecular weight is 426 g/mol. The van der Waals surface area contributed by atoms with Crippen molar-refractivity contribution in [1.82, 2.24) is 19.9 Å². The van der Waals surface area contributed by atoms with Gasteiger partial charge in [-0.2, -0.15) is 0 Å². The van der Waals surface area contributed by atoms with Crippen molar-refractivity contribution in [2.24, 2.45) is 0 Å². The molecule has 0 spiro atoms. The molecule has 2 aromatic carbocycles. The molecule has 0 bridgehead atoms. The first-order chi connectivity index (χ1) is 14.3. The monoisotopic (exact) mass is 426 g/mol. The minimum atomic E-state index is -0.503. The Labute approximate surface area is 176 Å². The summed E-state index contributed by atoms with van der Waals surface area (Å²) in [7, 11) is 3.35. The quantitative estimate of drug-likeness (QED) is 0.376. The van der Waals surface area contributed by atoms with E-state index in [0.717, 1.165) is 16.7 Å². The van der Waals surface area contributed by atoms with E-state index in [2.05, 4.69) is 15.6 Å². The van der Waals surface area contributed by atoms with E-state index < -0.39 is 10.8 Å². The highest BCUT2D eigenvalue weighted by Crippen LogP contribution is 2.23. The summed E-state index contributed by atoms with van der Waals surface area (Å²) in [5.41, 5.74) is 1.42. The second-order valence-electron chi connectivity index (χ2n) is 6.45. The van der Waals surface area contributed by atoms with Gasteiger partial charge in [-0.05, 0) is 49.0 Å². The number of hydrogen-bond donors (Lipinski definition) is 1. The zero-order valence-electron chi connectivity index (χ0n) is 16.4. The number of carbonyl (C=O) groups excluding carboxylic acids is 2. The molecule has 3 aromatic rings. The highest BCUT2D eigenvalue weighted by atomic mass is 32.2. The molecule has 0 saturated heterocycles. The molecule has 0 aliphatic rings. The van der Waals surface area contributed by atoms with E-state index in [1.54, 1.807) is 51.4 Å². The summed E-state index contributed by atoms with van der Waals surface area (Å²) < 4.78 is 1.37. The lowest BCUT2D eigenvalue weighted by molar-refractivity contribution is -0.384. The van der Waals surface area contributed by atoms with Crippen LogP contribution in [0.5, 0.6) is 0 Å². The van der Waals surface area contributed by atoms with Crippen LogP contribution >= 0.6 is 11.8 Å². The van der Waals surface area contributed by atoms with Crippen LogP contribution in [-0.4, -0.2) is 50.1 Å². The average Bonchev–Trinajstić information content (AvgIpc) is 3.11. The lowest BCUT2D eigenvalue weighted by Crippen LogP contribution is -2.16. The second-order valence-corrected chi connectivity index (χ2v) is 7.48. The minimum Gasteiger partial charge on any atom is -0.339 e. The Balaban J connectivity index is 1.75. The van der Waals surface area contributed by atoms with Crippen LogP contribution in [0.3, 0.4) is 0 Å². The van der Waals surface area contributed by atoms with Crippen LogP contribution in [0.4, 0.5) is 16.2 Å². The van der Waals surface area contributed by atoms with Gasteiger partial charge >= 0.3 is 0 Å². The number of benzene rings is 2. The van der Waals surface area contributed by atoms with Crippen LogP contribution in [0.2, 0.25) is 0 Å². The molecule has 30 heavy (non-hydrogen) atoms. The zero-order chi connectivity index (χ0) is 21.8. The van der Waals surface area contributed by atoms with E-state index in [9.17, 15) is 19.7 Å². The highest BCUT2D eigenvalue weighted by Gasteiger charge is 2.19. The van der Waals surface area contributed by atoms with Crippen molar-refractivity contribution in [1.29, 1.82) is 0 Å². The molecule has 0 saturated carbocycles. The van der Waals surface area contributed by atoms with Crippen molar-refractivity contribution < 1.29 is 14.5 Å². The molecule has 0 radical (unpaired) electrons. The number of thioether (sulfide) groups is 1. The van der Waals surface area contributed by atoms with Gasteiger partial charge in [-0.1, -0.05) is 11.3 Å².